The topological polar surface area (TPSA) is 87.5 Å². The molecule has 0 unspecified atom stereocenters. The largest absolute Gasteiger partial charge is 0.495 e. The molecule has 0 saturated heterocycles. The van der Waals surface area contributed by atoms with E-state index in [1.54, 1.807) is 13.2 Å². The van der Waals surface area contributed by atoms with E-state index >= 15 is 0 Å². The molecule has 3 aromatic rings. The number of amides is 1. The van der Waals surface area contributed by atoms with E-state index in [2.05, 4.69) is 33.4 Å². The van der Waals surface area contributed by atoms with E-state index in [-0.39, 0.29) is 5.91 Å². The molecule has 2 aliphatic rings. The van der Waals surface area contributed by atoms with Crippen LogP contribution < -0.4 is 15.0 Å². The summed E-state index contributed by atoms with van der Waals surface area (Å²) in [6.07, 6.45) is 2.83. The molecular formula is C28H28N4O3. The number of aromatic nitrogens is 1. The number of carbonyl (C=O) groups excluding carboxylic acids is 1. The monoisotopic (exact) mass is 468 g/mol. The number of rotatable bonds is 5. The zero-order valence-electron chi connectivity index (χ0n) is 20.0. The number of carbonyl (C=O) groups is 1. The molecule has 7 nitrogen and oxygen atoms in total. The third-order valence-electron chi connectivity index (χ3n) is 6.87. The molecule has 7 heteroatoms. The van der Waals surface area contributed by atoms with Crippen LogP contribution in [0.4, 0.5) is 5.69 Å². The van der Waals surface area contributed by atoms with Crippen LogP contribution in [0.3, 0.4) is 0 Å². The Morgan fingerprint density at radius 3 is 2.91 bits per heavy atom. The number of fused-ring (bicyclic) bond motifs is 2. The molecule has 178 valence electrons. The summed E-state index contributed by atoms with van der Waals surface area (Å²) >= 11 is 0. The lowest BCUT2D eigenvalue weighted by Crippen LogP contribution is -2.33. The SMILES string of the molecule is COc1ccccc1N1CCc2cnc(CNC(=O)c3ccc4c(c3)[C@](C)(C#N)COC4)cc2C1. The maximum Gasteiger partial charge on any atom is 0.251 e. The van der Waals surface area contributed by atoms with Crippen molar-refractivity contribution in [1.82, 2.24) is 10.3 Å². The van der Waals surface area contributed by atoms with Crippen molar-refractivity contribution in [1.29, 1.82) is 5.26 Å². The molecule has 1 amide bonds. The molecule has 0 radical (unpaired) electrons. The van der Waals surface area contributed by atoms with Gasteiger partial charge >= 0.3 is 0 Å². The number of anilines is 1. The summed E-state index contributed by atoms with van der Waals surface area (Å²) in [7, 11) is 1.69. The van der Waals surface area contributed by atoms with E-state index in [9.17, 15) is 10.1 Å². The van der Waals surface area contributed by atoms with Gasteiger partial charge in [-0.1, -0.05) is 18.2 Å². The zero-order chi connectivity index (χ0) is 24.4. The fourth-order valence-electron chi connectivity index (χ4n) is 4.85. The number of nitrogens with one attached hydrogen (secondary N) is 1. The maximum atomic E-state index is 12.9. The summed E-state index contributed by atoms with van der Waals surface area (Å²) in [5, 5.41) is 12.6. The van der Waals surface area contributed by atoms with Crippen molar-refractivity contribution in [2.45, 2.75) is 38.5 Å². The number of methoxy groups -OCH3 is 1. The van der Waals surface area contributed by atoms with Gasteiger partial charge in [-0.15, -0.1) is 0 Å². The van der Waals surface area contributed by atoms with Crippen molar-refractivity contribution < 1.29 is 14.3 Å². The second-order valence-electron chi connectivity index (χ2n) is 9.28. The minimum atomic E-state index is -0.753. The first-order chi connectivity index (χ1) is 17.0. The molecule has 0 fully saturated rings. The summed E-state index contributed by atoms with van der Waals surface area (Å²) in [5.41, 5.74) is 5.93. The number of para-hydroxylation sites is 2. The molecule has 5 rings (SSSR count). The van der Waals surface area contributed by atoms with E-state index < -0.39 is 5.41 Å². The molecule has 35 heavy (non-hydrogen) atoms. The number of hydrogen-bond donors (Lipinski definition) is 1. The summed E-state index contributed by atoms with van der Waals surface area (Å²) < 4.78 is 11.1. The van der Waals surface area contributed by atoms with E-state index in [1.807, 2.05) is 43.5 Å². The van der Waals surface area contributed by atoms with Crippen molar-refractivity contribution >= 4 is 11.6 Å². The van der Waals surface area contributed by atoms with Gasteiger partial charge in [0.15, 0.2) is 0 Å². The smallest absolute Gasteiger partial charge is 0.251 e. The number of pyridine rings is 1. The molecule has 0 saturated carbocycles. The number of hydrogen-bond acceptors (Lipinski definition) is 6. The minimum Gasteiger partial charge on any atom is -0.495 e. The van der Waals surface area contributed by atoms with Gasteiger partial charge in [-0.3, -0.25) is 9.78 Å². The Morgan fingerprint density at radius 2 is 2.09 bits per heavy atom. The fourth-order valence-corrected chi connectivity index (χ4v) is 4.85. The van der Waals surface area contributed by atoms with E-state index in [0.717, 1.165) is 47.8 Å². The molecule has 0 spiro atoms. The van der Waals surface area contributed by atoms with Gasteiger partial charge in [-0.25, -0.2) is 0 Å². The van der Waals surface area contributed by atoms with Gasteiger partial charge in [0.25, 0.3) is 5.91 Å². The average molecular weight is 469 g/mol. The van der Waals surface area contributed by atoms with Gasteiger partial charge in [0.2, 0.25) is 0 Å². The lowest BCUT2D eigenvalue weighted by atomic mass is 9.79. The predicted octanol–water partition coefficient (Wildman–Crippen LogP) is 3.89. The average Bonchev–Trinajstić information content (AvgIpc) is 2.91. The highest BCUT2D eigenvalue weighted by atomic mass is 16.5. The highest BCUT2D eigenvalue weighted by molar-refractivity contribution is 5.94. The Balaban J connectivity index is 1.29. The number of nitrogens with zero attached hydrogens (tertiary/aromatic N) is 3. The molecule has 1 aromatic heterocycles. The van der Waals surface area contributed by atoms with Crippen molar-refractivity contribution in [2.24, 2.45) is 0 Å². The van der Waals surface area contributed by atoms with Crippen LogP contribution >= 0.6 is 0 Å². The van der Waals surface area contributed by atoms with Gasteiger partial charge in [0, 0.05) is 24.8 Å². The number of benzene rings is 2. The Bertz CT molecular complexity index is 1320. The van der Waals surface area contributed by atoms with E-state index in [4.69, 9.17) is 9.47 Å². The maximum absolute atomic E-state index is 12.9. The lowest BCUT2D eigenvalue weighted by molar-refractivity contribution is 0.0757. The van der Waals surface area contributed by atoms with E-state index in [0.29, 0.717) is 25.3 Å². The second-order valence-corrected chi connectivity index (χ2v) is 9.28. The van der Waals surface area contributed by atoms with Gasteiger partial charge in [-0.05, 0) is 65.9 Å². The van der Waals surface area contributed by atoms with Crippen LogP contribution in [0.25, 0.3) is 0 Å². The zero-order valence-corrected chi connectivity index (χ0v) is 20.0. The molecule has 3 heterocycles. The van der Waals surface area contributed by atoms with Gasteiger partial charge in [0.1, 0.15) is 11.2 Å². The Labute approximate surface area is 205 Å². The molecule has 0 aliphatic carbocycles. The predicted molar refractivity (Wildman–Crippen MR) is 132 cm³/mol. The van der Waals surface area contributed by atoms with Crippen molar-refractivity contribution in [2.75, 3.05) is 25.2 Å². The van der Waals surface area contributed by atoms with Crippen LogP contribution in [0.1, 0.15) is 45.2 Å². The first-order valence-electron chi connectivity index (χ1n) is 11.8. The quantitative estimate of drug-likeness (QED) is 0.611. The standard InChI is InChI=1S/C28H28N4O3/c1-28(17-29)18-35-16-21-8-7-19(12-24(21)28)27(33)31-14-23-11-22-15-32(10-9-20(22)13-30-23)25-5-3-4-6-26(25)34-2/h3-8,11-13H,9-10,14-16,18H2,1-2H3,(H,31,33)/t28-/m1/s1. The highest BCUT2D eigenvalue weighted by Gasteiger charge is 2.33. The van der Waals surface area contributed by atoms with Crippen LogP contribution in [-0.4, -0.2) is 31.2 Å². The minimum absolute atomic E-state index is 0.185. The number of nitriles is 1. The summed E-state index contributed by atoms with van der Waals surface area (Å²) in [6, 6.07) is 17.9. The highest BCUT2D eigenvalue weighted by Crippen LogP contribution is 2.33. The third kappa shape index (κ3) is 4.45. The fraction of sp³-hybridized carbons (Fsp3) is 0.321. The van der Waals surface area contributed by atoms with E-state index in [1.165, 1.54) is 11.1 Å². The molecule has 2 aromatic carbocycles. The van der Waals surface area contributed by atoms with Crippen LogP contribution in [0.15, 0.2) is 54.7 Å². The van der Waals surface area contributed by atoms with Crippen LogP contribution in [0, 0.1) is 11.3 Å². The molecule has 1 N–H and O–H groups in total. The second kappa shape index (κ2) is 9.40. The third-order valence-corrected chi connectivity index (χ3v) is 6.87. The normalized spacial score (nSPS) is 18.7. The van der Waals surface area contributed by atoms with Gasteiger partial charge in [0.05, 0.1) is 44.3 Å². The first kappa shape index (κ1) is 22.9. The summed E-state index contributed by atoms with van der Waals surface area (Å²) in [6.45, 7) is 4.62. The van der Waals surface area contributed by atoms with Crippen molar-refractivity contribution in [3.63, 3.8) is 0 Å². The van der Waals surface area contributed by atoms with Gasteiger partial charge < -0.3 is 19.7 Å². The van der Waals surface area contributed by atoms with Crippen LogP contribution in [-0.2, 0) is 36.3 Å². The Kier molecular flexibility index (Phi) is 6.14. The molecular weight excluding hydrogens is 440 g/mol. The number of ether oxygens (including phenoxy) is 2. The molecule has 0 bridgehead atoms. The summed E-state index contributed by atoms with van der Waals surface area (Å²) in [5.74, 6) is 0.677. The Morgan fingerprint density at radius 1 is 1.23 bits per heavy atom. The molecule has 2 aliphatic heterocycles. The van der Waals surface area contributed by atoms with Crippen molar-refractivity contribution in [3.05, 3.63) is 88.2 Å². The Hall–Kier alpha value is -3.89. The van der Waals surface area contributed by atoms with Crippen molar-refractivity contribution in [3.8, 4) is 11.8 Å². The molecule has 1 atom stereocenters. The van der Waals surface area contributed by atoms with Gasteiger partial charge in [-0.2, -0.15) is 5.26 Å². The van der Waals surface area contributed by atoms with Crippen LogP contribution in [0.2, 0.25) is 0 Å². The summed E-state index contributed by atoms with van der Waals surface area (Å²) in [4.78, 5) is 19.8. The lowest BCUT2D eigenvalue weighted by Gasteiger charge is -2.31. The first-order valence-corrected chi connectivity index (χ1v) is 11.8. The van der Waals surface area contributed by atoms with Crippen LogP contribution in [0.5, 0.6) is 5.75 Å².